The molecule has 0 saturated heterocycles. The van der Waals surface area contributed by atoms with E-state index in [9.17, 15) is 18.0 Å². The van der Waals surface area contributed by atoms with Gasteiger partial charge in [0.1, 0.15) is 12.3 Å². The lowest BCUT2D eigenvalue weighted by atomic mass is 10.2. The number of carbonyl (C=O) groups is 1. The highest BCUT2D eigenvalue weighted by Gasteiger charge is 2.28. The number of aromatic nitrogens is 3. The van der Waals surface area contributed by atoms with Crippen LogP contribution in [0.1, 0.15) is 5.56 Å². The van der Waals surface area contributed by atoms with Gasteiger partial charge in [0.05, 0.1) is 17.4 Å². The third kappa shape index (κ3) is 5.78. The molecule has 10 heteroatoms. The van der Waals surface area contributed by atoms with E-state index in [1.165, 1.54) is 35.5 Å². The van der Waals surface area contributed by atoms with Crippen LogP contribution in [0.15, 0.2) is 30.9 Å². The van der Waals surface area contributed by atoms with E-state index in [-0.39, 0.29) is 24.7 Å². The molecule has 0 aliphatic rings. The fourth-order valence-corrected chi connectivity index (χ4v) is 1.82. The lowest BCUT2D eigenvalue weighted by Crippen LogP contribution is -2.27. The van der Waals surface area contributed by atoms with Crippen LogP contribution in [-0.2, 0) is 17.9 Å². The maximum atomic E-state index is 12.2. The molecule has 0 radical (unpaired) electrons. The van der Waals surface area contributed by atoms with Gasteiger partial charge < -0.3 is 10.1 Å². The summed E-state index contributed by atoms with van der Waals surface area (Å²) in [6, 6.07) is 1.47. The average molecular weight is 349 g/mol. The van der Waals surface area contributed by atoms with E-state index in [1.54, 1.807) is 0 Å². The SMILES string of the molecule is O=C(Cn1cc(Cl)cn1)NCc1ccncc1OCC(F)(F)F. The van der Waals surface area contributed by atoms with Crippen molar-refractivity contribution in [2.24, 2.45) is 0 Å². The maximum absolute atomic E-state index is 12.2. The molecule has 2 rings (SSSR count). The predicted octanol–water partition coefficient (Wildman–Crippen LogP) is 2.19. The fourth-order valence-electron chi connectivity index (χ4n) is 1.67. The third-order valence-corrected chi connectivity index (χ3v) is 2.84. The number of ether oxygens (including phenoxy) is 1. The van der Waals surface area contributed by atoms with Crippen molar-refractivity contribution in [1.29, 1.82) is 0 Å². The molecule has 2 aromatic rings. The molecule has 0 atom stereocenters. The second-order valence-electron chi connectivity index (χ2n) is 4.52. The van der Waals surface area contributed by atoms with Crippen molar-refractivity contribution in [2.45, 2.75) is 19.3 Å². The molecule has 0 aliphatic heterocycles. The highest BCUT2D eigenvalue weighted by molar-refractivity contribution is 6.30. The van der Waals surface area contributed by atoms with Gasteiger partial charge in [-0.25, -0.2) is 0 Å². The van der Waals surface area contributed by atoms with Gasteiger partial charge >= 0.3 is 6.18 Å². The molecule has 0 unspecified atom stereocenters. The van der Waals surface area contributed by atoms with Gasteiger partial charge in [0, 0.05) is 24.5 Å². The summed E-state index contributed by atoms with van der Waals surface area (Å²) >= 11 is 5.68. The number of hydrogen-bond acceptors (Lipinski definition) is 4. The molecule has 0 aliphatic carbocycles. The van der Waals surface area contributed by atoms with Gasteiger partial charge in [-0.3, -0.25) is 14.5 Å². The number of alkyl halides is 3. The predicted molar refractivity (Wildman–Crippen MR) is 74.9 cm³/mol. The summed E-state index contributed by atoms with van der Waals surface area (Å²) in [7, 11) is 0. The quantitative estimate of drug-likeness (QED) is 0.869. The molecule has 2 aromatic heterocycles. The number of hydrogen-bond donors (Lipinski definition) is 1. The van der Waals surface area contributed by atoms with E-state index >= 15 is 0 Å². The van der Waals surface area contributed by atoms with Crippen LogP contribution in [0.5, 0.6) is 5.75 Å². The van der Waals surface area contributed by atoms with Crippen molar-refractivity contribution in [3.63, 3.8) is 0 Å². The smallest absolute Gasteiger partial charge is 0.422 e. The minimum atomic E-state index is -4.45. The monoisotopic (exact) mass is 348 g/mol. The highest BCUT2D eigenvalue weighted by atomic mass is 35.5. The first-order valence-electron chi connectivity index (χ1n) is 6.40. The molecule has 124 valence electrons. The number of pyridine rings is 1. The Hall–Kier alpha value is -2.29. The summed E-state index contributed by atoms with van der Waals surface area (Å²) in [6.45, 7) is -1.48. The molecule has 6 nitrogen and oxygen atoms in total. The van der Waals surface area contributed by atoms with Crippen LogP contribution in [-0.4, -0.2) is 33.5 Å². The van der Waals surface area contributed by atoms with Crippen molar-refractivity contribution in [3.05, 3.63) is 41.4 Å². The summed E-state index contributed by atoms with van der Waals surface area (Å²) in [6.07, 6.45) is 0.984. The fraction of sp³-hybridized carbons (Fsp3) is 0.308. The molecule has 0 spiro atoms. The average Bonchev–Trinajstić information content (AvgIpc) is 2.88. The van der Waals surface area contributed by atoms with Crippen molar-refractivity contribution >= 4 is 17.5 Å². The van der Waals surface area contributed by atoms with Crippen LogP contribution in [0.25, 0.3) is 0 Å². The van der Waals surface area contributed by atoms with Crippen molar-refractivity contribution in [2.75, 3.05) is 6.61 Å². The molecule has 0 fully saturated rings. The van der Waals surface area contributed by atoms with Crippen molar-refractivity contribution in [3.8, 4) is 5.75 Å². The first-order valence-corrected chi connectivity index (χ1v) is 6.78. The zero-order valence-corrected chi connectivity index (χ0v) is 12.4. The van der Waals surface area contributed by atoms with Crippen molar-refractivity contribution in [1.82, 2.24) is 20.1 Å². The number of nitrogens with zero attached hydrogens (tertiary/aromatic N) is 3. The molecular formula is C13H12ClF3N4O2. The number of carbonyl (C=O) groups excluding carboxylic acids is 1. The Morgan fingerprint density at radius 1 is 1.39 bits per heavy atom. The lowest BCUT2D eigenvalue weighted by Gasteiger charge is -2.13. The molecule has 1 amide bonds. The Balaban J connectivity index is 1.91. The largest absolute Gasteiger partial charge is 0.482 e. The Morgan fingerprint density at radius 2 is 2.17 bits per heavy atom. The molecule has 1 N–H and O–H groups in total. The van der Waals surface area contributed by atoms with Gasteiger partial charge in [-0.05, 0) is 6.07 Å². The summed E-state index contributed by atoms with van der Waals surface area (Å²) in [5, 5.41) is 6.81. The minimum absolute atomic E-state index is 0.00352. The highest BCUT2D eigenvalue weighted by Crippen LogP contribution is 2.21. The maximum Gasteiger partial charge on any atom is 0.422 e. The van der Waals surface area contributed by atoms with Crippen LogP contribution in [0.3, 0.4) is 0 Å². The van der Waals surface area contributed by atoms with Gasteiger partial charge in [-0.15, -0.1) is 0 Å². The second-order valence-corrected chi connectivity index (χ2v) is 4.96. The standard InChI is InChI=1S/C13H12ClF3N4O2/c14-10-4-20-21(6-10)7-12(22)19-3-9-1-2-18-5-11(9)23-8-13(15,16)17/h1-2,4-6H,3,7-8H2,(H,19,22). The Morgan fingerprint density at radius 3 is 2.83 bits per heavy atom. The topological polar surface area (TPSA) is 69.0 Å². The van der Waals surface area contributed by atoms with E-state index < -0.39 is 12.8 Å². The van der Waals surface area contributed by atoms with E-state index in [2.05, 4.69) is 20.1 Å². The second kappa shape index (κ2) is 7.32. The van der Waals surface area contributed by atoms with Gasteiger partial charge in [-0.2, -0.15) is 18.3 Å². The van der Waals surface area contributed by atoms with E-state index in [4.69, 9.17) is 11.6 Å². The molecule has 2 heterocycles. The number of amides is 1. The van der Waals surface area contributed by atoms with Crippen LogP contribution in [0.2, 0.25) is 5.02 Å². The molecule has 0 aromatic carbocycles. The van der Waals surface area contributed by atoms with Gasteiger partial charge in [0.2, 0.25) is 5.91 Å². The third-order valence-electron chi connectivity index (χ3n) is 2.64. The number of halogens is 4. The zero-order chi connectivity index (χ0) is 16.9. The first-order chi connectivity index (χ1) is 10.8. The minimum Gasteiger partial charge on any atom is -0.482 e. The normalized spacial score (nSPS) is 11.3. The summed E-state index contributed by atoms with van der Waals surface area (Å²) in [4.78, 5) is 15.5. The Labute approximate surface area is 134 Å². The first kappa shape index (κ1) is 17.1. The molecule has 0 saturated carbocycles. The van der Waals surface area contributed by atoms with Crippen LogP contribution < -0.4 is 10.1 Å². The molecule has 23 heavy (non-hydrogen) atoms. The van der Waals surface area contributed by atoms with Crippen LogP contribution in [0, 0.1) is 0 Å². The van der Waals surface area contributed by atoms with Gasteiger partial charge in [-0.1, -0.05) is 11.6 Å². The van der Waals surface area contributed by atoms with Gasteiger partial charge in [0.25, 0.3) is 0 Å². The Bertz CT molecular complexity index is 675. The summed E-state index contributed by atoms with van der Waals surface area (Å²) in [5.41, 5.74) is 0.385. The number of nitrogens with one attached hydrogen (secondary N) is 1. The van der Waals surface area contributed by atoms with E-state index in [0.717, 1.165) is 0 Å². The summed E-state index contributed by atoms with van der Waals surface area (Å²) < 4.78 is 42.6. The summed E-state index contributed by atoms with van der Waals surface area (Å²) in [5.74, 6) is -0.407. The zero-order valence-electron chi connectivity index (χ0n) is 11.7. The lowest BCUT2D eigenvalue weighted by molar-refractivity contribution is -0.153. The van der Waals surface area contributed by atoms with E-state index in [0.29, 0.717) is 10.6 Å². The van der Waals surface area contributed by atoms with Crippen LogP contribution in [0.4, 0.5) is 13.2 Å². The molecular weight excluding hydrogens is 337 g/mol. The molecule has 0 bridgehead atoms. The van der Waals surface area contributed by atoms with Crippen molar-refractivity contribution < 1.29 is 22.7 Å². The Kier molecular flexibility index (Phi) is 5.43. The van der Waals surface area contributed by atoms with Gasteiger partial charge in [0.15, 0.2) is 6.61 Å². The van der Waals surface area contributed by atoms with Crippen LogP contribution >= 0.6 is 11.6 Å². The van der Waals surface area contributed by atoms with E-state index in [1.807, 2.05) is 0 Å². The number of rotatable bonds is 6.